The first-order chi connectivity index (χ1) is 17.2. The molecular formula is C27H24N6O3. The second-order valence-corrected chi connectivity index (χ2v) is 8.91. The second kappa shape index (κ2) is 8.77. The first-order valence-corrected chi connectivity index (χ1v) is 11.3. The number of carbonyl (C=O) groups is 1. The summed E-state index contributed by atoms with van der Waals surface area (Å²) in [4.78, 5) is 18.4. The van der Waals surface area contributed by atoms with Crippen LogP contribution in [0.3, 0.4) is 0 Å². The third-order valence-electron chi connectivity index (χ3n) is 6.03. The van der Waals surface area contributed by atoms with Crippen molar-refractivity contribution in [1.82, 2.24) is 9.97 Å². The molecule has 0 saturated heterocycles. The van der Waals surface area contributed by atoms with Crippen LogP contribution in [-0.2, 0) is 0 Å². The summed E-state index contributed by atoms with van der Waals surface area (Å²) in [7, 11) is 0. The van der Waals surface area contributed by atoms with Gasteiger partial charge < -0.3 is 20.2 Å². The standard InChI is InChI=1S/C27H24N6O3/c1-13-9-15(3)21-19(11-13)23(26(35)28-21)31-30-18-7-5-17(6-8-18)25(34)33-32-24-20-12-14(2)10-16(4)22(20)29-27(24)36/h5-12,28-29,35-36H,1-4H3. The normalized spacial score (nSPS) is 12.0. The monoisotopic (exact) mass is 480 g/mol. The maximum absolute atomic E-state index is 12.6. The number of hydrogen-bond acceptors (Lipinski definition) is 6. The number of benzene rings is 3. The maximum atomic E-state index is 12.6. The molecule has 0 radical (unpaired) electrons. The molecule has 0 aliphatic heterocycles. The fourth-order valence-corrected chi connectivity index (χ4v) is 4.38. The number of aromatic nitrogens is 2. The van der Waals surface area contributed by atoms with Crippen molar-refractivity contribution in [2.24, 2.45) is 20.5 Å². The third kappa shape index (κ3) is 4.11. The zero-order chi connectivity index (χ0) is 25.6. The van der Waals surface area contributed by atoms with Gasteiger partial charge in [0.2, 0.25) is 11.8 Å². The van der Waals surface area contributed by atoms with Gasteiger partial charge in [-0.1, -0.05) is 23.3 Å². The van der Waals surface area contributed by atoms with E-state index in [0.29, 0.717) is 22.3 Å². The van der Waals surface area contributed by atoms with Crippen molar-refractivity contribution >= 4 is 44.8 Å². The minimum atomic E-state index is -0.558. The zero-order valence-corrected chi connectivity index (χ0v) is 20.2. The van der Waals surface area contributed by atoms with Crippen molar-refractivity contribution in [1.29, 1.82) is 0 Å². The first kappa shape index (κ1) is 23.0. The van der Waals surface area contributed by atoms with Gasteiger partial charge in [0.15, 0.2) is 11.4 Å². The zero-order valence-electron chi connectivity index (χ0n) is 20.2. The molecule has 36 heavy (non-hydrogen) atoms. The Bertz CT molecular complexity index is 1710. The molecule has 0 bridgehead atoms. The molecule has 3 aromatic carbocycles. The molecule has 0 spiro atoms. The first-order valence-electron chi connectivity index (χ1n) is 11.3. The summed E-state index contributed by atoms with van der Waals surface area (Å²) in [6.07, 6.45) is 0. The highest BCUT2D eigenvalue weighted by Gasteiger charge is 2.15. The van der Waals surface area contributed by atoms with Crippen molar-refractivity contribution in [3.8, 4) is 11.8 Å². The number of aryl methyl sites for hydroxylation is 4. The molecule has 9 heteroatoms. The lowest BCUT2D eigenvalue weighted by atomic mass is 10.1. The van der Waals surface area contributed by atoms with Crippen molar-refractivity contribution in [2.75, 3.05) is 0 Å². The Labute approximate surface area is 206 Å². The van der Waals surface area contributed by atoms with E-state index in [-0.39, 0.29) is 17.4 Å². The summed E-state index contributed by atoms with van der Waals surface area (Å²) in [5, 5.41) is 38.3. The van der Waals surface area contributed by atoms with Crippen LogP contribution < -0.4 is 0 Å². The van der Waals surface area contributed by atoms with Gasteiger partial charge >= 0.3 is 0 Å². The number of hydrogen-bond donors (Lipinski definition) is 4. The largest absolute Gasteiger partial charge is 0.493 e. The highest BCUT2D eigenvalue weighted by Crippen LogP contribution is 2.39. The summed E-state index contributed by atoms with van der Waals surface area (Å²) in [6, 6.07) is 14.2. The van der Waals surface area contributed by atoms with E-state index in [1.165, 1.54) is 0 Å². The molecule has 0 unspecified atom stereocenters. The van der Waals surface area contributed by atoms with E-state index in [9.17, 15) is 15.0 Å². The Balaban J connectivity index is 1.37. The number of nitrogens with one attached hydrogen (secondary N) is 2. The van der Waals surface area contributed by atoms with Crippen LogP contribution in [-0.4, -0.2) is 26.1 Å². The van der Waals surface area contributed by atoms with E-state index >= 15 is 0 Å². The lowest BCUT2D eigenvalue weighted by Gasteiger charge is -1.99. The number of aromatic amines is 2. The minimum Gasteiger partial charge on any atom is -0.493 e. The van der Waals surface area contributed by atoms with Gasteiger partial charge in [0.05, 0.1) is 16.7 Å². The molecule has 0 fully saturated rings. The average molecular weight is 481 g/mol. The maximum Gasteiger partial charge on any atom is 0.295 e. The quantitative estimate of drug-likeness (QED) is 0.197. The number of carbonyl (C=O) groups excluding carboxylic acids is 1. The molecule has 1 amide bonds. The summed E-state index contributed by atoms with van der Waals surface area (Å²) in [5.74, 6) is -0.755. The van der Waals surface area contributed by atoms with E-state index in [4.69, 9.17) is 0 Å². The van der Waals surface area contributed by atoms with Crippen molar-refractivity contribution in [2.45, 2.75) is 27.7 Å². The van der Waals surface area contributed by atoms with Crippen LogP contribution in [0.15, 0.2) is 69.0 Å². The lowest BCUT2D eigenvalue weighted by Crippen LogP contribution is -1.92. The van der Waals surface area contributed by atoms with Crippen LogP contribution in [0.2, 0.25) is 0 Å². The fraction of sp³-hybridized carbons (Fsp3) is 0.148. The fourth-order valence-electron chi connectivity index (χ4n) is 4.38. The van der Waals surface area contributed by atoms with Crippen molar-refractivity contribution in [3.05, 3.63) is 76.3 Å². The highest BCUT2D eigenvalue weighted by atomic mass is 16.3. The smallest absolute Gasteiger partial charge is 0.295 e. The summed E-state index contributed by atoms with van der Waals surface area (Å²) in [6.45, 7) is 7.81. The Morgan fingerprint density at radius 3 is 1.72 bits per heavy atom. The molecule has 180 valence electrons. The average Bonchev–Trinajstić information content (AvgIpc) is 3.32. The SMILES string of the molecule is Cc1cc(C)c2[nH]c(O)c(N=NC(=O)c3ccc(N=Nc4c(O)[nH]c5c(C)cc(C)cc45)cc3)c2c1. The van der Waals surface area contributed by atoms with Gasteiger partial charge in [-0.15, -0.1) is 15.3 Å². The summed E-state index contributed by atoms with van der Waals surface area (Å²) < 4.78 is 0. The molecule has 5 rings (SSSR count). The van der Waals surface area contributed by atoms with Crippen LogP contribution in [0.1, 0.15) is 32.6 Å². The van der Waals surface area contributed by atoms with Gasteiger partial charge in [0.25, 0.3) is 5.91 Å². The van der Waals surface area contributed by atoms with Gasteiger partial charge in [0.1, 0.15) is 0 Å². The number of H-pyrrole nitrogens is 2. The minimum absolute atomic E-state index is 0.0550. The summed E-state index contributed by atoms with van der Waals surface area (Å²) >= 11 is 0. The molecule has 0 aliphatic rings. The van der Waals surface area contributed by atoms with Crippen LogP contribution in [0.25, 0.3) is 21.8 Å². The molecular weight excluding hydrogens is 456 g/mol. The van der Waals surface area contributed by atoms with Crippen LogP contribution >= 0.6 is 0 Å². The Morgan fingerprint density at radius 1 is 0.694 bits per heavy atom. The van der Waals surface area contributed by atoms with Gasteiger partial charge in [-0.3, -0.25) is 4.79 Å². The molecule has 9 nitrogen and oxygen atoms in total. The van der Waals surface area contributed by atoms with Crippen molar-refractivity contribution in [3.63, 3.8) is 0 Å². The molecule has 0 aliphatic carbocycles. The van der Waals surface area contributed by atoms with E-state index in [1.54, 1.807) is 24.3 Å². The predicted molar refractivity (Wildman–Crippen MR) is 138 cm³/mol. The van der Waals surface area contributed by atoms with Crippen molar-refractivity contribution < 1.29 is 15.0 Å². The Hall–Kier alpha value is -4.79. The number of aromatic hydroxyl groups is 2. The lowest BCUT2D eigenvalue weighted by molar-refractivity contribution is 0.0995. The summed E-state index contributed by atoms with van der Waals surface area (Å²) in [5.41, 5.74) is 6.98. The Morgan fingerprint density at radius 2 is 1.19 bits per heavy atom. The molecule has 0 saturated carbocycles. The van der Waals surface area contributed by atoms with E-state index in [1.807, 2.05) is 52.0 Å². The Kier molecular flexibility index (Phi) is 5.60. The molecule has 5 aromatic rings. The van der Waals surface area contributed by atoms with Gasteiger partial charge in [-0.05, 0) is 75.2 Å². The van der Waals surface area contributed by atoms with Gasteiger partial charge in [-0.25, -0.2) is 0 Å². The molecule has 4 N–H and O–H groups in total. The predicted octanol–water partition coefficient (Wildman–Crippen LogP) is 7.63. The number of amides is 1. The third-order valence-corrected chi connectivity index (χ3v) is 6.03. The number of azo groups is 2. The number of rotatable bonds is 4. The van der Waals surface area contributed by atoms with Crippen LogP contribution in [0.4, 0.5) is 17.1 Å². The number of fused-ring (bicyclic) bond motifs is 2. The highest BCUT2D eigenvalue weighted by molar-refractivity contribution is 5.98. The van der Waals surface area contributed by atoms with E-state index in [0.717, 1.165) is 38.7 Å². The van der Waals surface area contributed by atoms with Gasteiger partial charge in [0, 0.05) is 16.3 Å². The van der Waals surface area contributed by atoms with Crippen LogP contribution in [0.5, 0.6) is 11.8 Å². The second-order valence-electron chi connectivity index (χ2n) is 8.91. The number of nitrogens with zero attached hydrogens (tertiary/aromatic N) is 4. The molecule has 0 atom stereocenters. The van der Waals surface area contributed by atoms with Gasteiger partial charge in [-0.2, -0.15) is 5.11 Å². The molecule has 2 aromatic heterocycles. The van der Waals surface area contributed by atoms with E-state index in [2.05, 4.69) is 30.4 Å². The van der Waals surface area contributed by atoms with Crippen LogP contribution in [0, 0.1) is 27.7 Å². The molecule has 2 heterocycles. The topological polar surface area (TPSA) is 139 Å². The van der Waals surface area contributed by atoms with E-state index < -0.39 is 5.91 Å².